The van der Waals surface area contributed by atoms with E-state index in [1.54, 1.807) is 37.4 Å². The Bertz CT molecular complexity index is 480. The van der Waals surface area contributed by atoms with Crippen LogP contribution in [-0.2, 0) is 14.2 Å². The van der Waals surface area contributed by atoms with Gasteiger partial charge in [0.15, 0.2) is 6.29 Å². The number of carbonyl (C=O) groups excluding carboxylic acids is 1. The molecule has 22 heavy (non-hydrogen) atoms. The highest BCUT2D eigenvalue weighted by Gasteiger charge is 2.44. The van der Waals surface area contributed by atoms with Gasteiger partial charge in [-0.05, 0) is 19.2 Å². The van der Waals surface area contributed by atoms with Crippen LogP contribution < -0.4 is 5.32 Å². The molecule has 1 aliphatic heterocycles. The van der Waals surface area contributed by atoms with Crippen molar-refractivity contribution in [3.63, 3.8) is 0 Å². The summed E-state index contributed by atoms with van der Waals surface area (Å²) in [7, 11) is 3.07. The SMILES string of the molecule is CNC1C(O)[C@H](O)C(COC(=O)c2ccccc2)O[C@@H]1OC. The Morgan fingerprint density at radius 2 is 1.95 bits per heavy atom. The Morgan fingerprint density at radius 3 is 2.55 bits per heavy atom. The highest BCUT2D eigenvalue weighted by Crippen LogP contribution is 2.22. The van der Waals surface area contributed by atoms with Crippen LogP contribution in [0.25, 0.3) is 0 Å². The third kappa shape index (κ3) is 3.63. The number of methoxy groups -OCH3 is 1. The van der Waals surface area contributed by atoms with E-state index in [9.17, 15) is 15.0 Å². The zero-order valence-corrected chi connectivity index (χ0v) is 12.5. The molecule has 0 aromatic heterocycles. The topological polar surface area (TPSA) is 97.2 Å². The van der Waals surface area contributed by atoms with Crippen LogP contribution in [0.3, 0.4) is 0 Å². The summed E-state index contributed by atoms with van der Waals surface area (Å²) in [5, 5.41) is 23.0. The van der Waals surface area contributed by atoms with Gasteiger partial charge in [0.2, 0.25) is 0 Å². The second kappa shape index (κ2) is 7.66. The van der Waals surface area contributed by atoms with Crippen molar-refractivity contribution in [2.75, 3.05) is 20.8 Å². The highest BCUT2D eigenvalue weighted by atomic mass is 16.7. The minimum absolute atomic E-state index is 0.178. The molecular formula is C15H21NO6. The van der Waals surface area contributed by atoms with Gasteiger partial charge in [0, 0.05) is 7.11 Å². The first kappa shape index (κ1) is 16.9. The summed E-state index contributed by atoms with van der Waals surface area (Å²) in [6, 6.07) is 7.94. The van der Waals surface area contributed by atoms with Crippen molar-refractivity contribution in [1.29, 1.82) is 0 Å². The molecule has 1 fully saturated rings. The molecular weight excluding hydrogens is 290 g/mol. The summed E-state index contributed by atoms with van der Waals surface area (Å²) in [5.74, 6) is -0.518. The van der Waals surface area contributed by atoms with Crippen molar-refractivity contribution < 1.29 is 29.2 Å². The van der Waals surface area contributed by atoms with Gasteiger partial charge in [0.1, 0.15) is 24.9 Å². The van der Waals surface area contributed by atoms with E-state index in [0.29, 0.717) is 5.56 Å². The molecule has 1 heterocycles. The number of ether oxygens (including phenoxy) is 3. The van der Waals surface area contributed by atoms with Crippen LogP contribution in [0, 0.1) is 0 Å². The predicted molar refractivity (Wildman–Crippen MR) is 77.3 cm³/mol. The van der Waals surface area contributed by atoms with E-state index in [0.717, 1.165) is 0 Å². The fraction of sp³-hybridized carbons (Fsp3) is 0.533. The van der Waals surface area contributed by atoms with E-state index in [2.05, 4.69) is 5.32 Å². The molecule has 0 radical (unpaired) electrons. The van der Waals surface area contributed by atoms with Crippen molar-refractivity contribution in [2.45, 2.75) is 30.6 Å². The van der Waals surface area contributed by atoms with Crippen LogP contribution >= 0.6 is 0 Å². The second-order valence-corrected chi connectivity index (χ2v) is 5.04. The molecule has 0 spiro atoms. The molecule has 1 aromatic rings. The Morgan fingerprint density at radius 1 is 1.27 bits per heavy atom. The molecule has 122 valence electrons. The molecule has 0 amide bonds. The molecule has 0 aliphatic carbocycles. The molecule has 7 heteroatoms. The van der Waals surface area contributed by atoms with Gasteiger partial charge in [-0.3, -0.25) is 0 Å². The van der Waals surface area contributed by atoms with E-state index in [1.165, 1.54) is 7.11 Å². The number of aliphatic hydroxyl groups is 2. The molecule has 0 saturated carbocycles. The Balaban J connectivity index is 1.96. The van der Waals surface area contributed by atoms with Crippen molar-refractivity contribution >= 4 is 5.97 Å². The van der Waals surface area contributed by atoms with Crippen LogP contribution in [-0.4, -0.2) is 67.6 Å². The minimum Gasteiger partial charge on any atom is -0.459 e. The van der Waals surface area contributed by atoms with Crippen molar-refractivity contribution in [2.24, 2.45) is 0 Å². The van der Waals surface area contributed by atoms with E-state index in [-0.39, 0.29) is 6.61 Å². The van der Waals surface area contributed by atoms with E-state index >= 15 is 0 Å². The quantitative estimate of drug-likeness (QED) is 0.632. The zero-order chi connectivity index (χ0) is 16.1. The molecule has 1 aliphatic rings. The molecule has 2 rings (SSSR count). The Kier molecular flexibility index (Phi) is 5.87. The molecule has 1 saturated heterocycles. The minimum atomic E-state index is -1.19. The number of rotatable bonds is 5. The standard InChI is InChI=1S/C15H21NO6/c1-16-11-13(18)12(17)10(22-15(11)20-2)8-21-14(19)9-6-4-3-5-7-9/h3-7,10-13,15-18H,8H2,1-2H3/t10?,11?,12-,13?,15+/m1/s1. The lowest BCUT2D eigenvalue weighted by Crippen LogP contribution is -2.63. The molecule has 3 unspecified atom stereocenters. The largest absolute Gasteiger partial charge is 0.459 e. The number of likely N-dealkylation sites (N-methyl/N-ethyl adjacent to an activating group) is 1. The first-order valence-corrected chi connectivity index (χ1v) is 7.02. The van der Waals surface area contributed by atoms with Gasteiger partial charge in [-0.15, -0.1) is 0 Å². The Labute approximate surface area is 128 Å². The van der Waals surface area contributed by atoms with Crippen LogP contribution in [0.1, 0.15) is 10.4 Å². The molecule has 7 nitrogen and oxygen atoms in total. The smallest absolute Gasteiger partial charge is 0.338 e. The van der Waals surface area contributed by atoms with Gasteiger partial charge in [-0.25, -0.2) is 4.79 Å². The average molecular weight is 311 g/mol. The first-order chi connectivity index (χ1) is 10.6. The third-order valence-electron chi connectivity index (χ3n) is 3.65. The maximum atomic E-state index is 11.9. The summed E-state index contributed by atoms with van der Waals surface area (Å²) in [6.45, 7) is -0.178. The maximum Gasteiger partial charge on any atom is 0.338 e. The highest BCUT2D eigenvalue weighted by molar-refractivity contribution is 5.89. The second-order valence-electron chi connectivity index (χ2n) is 5.04. The summed E-state index contributed by atoms with van der Waals surface area (Å²) in [6.07, 6.45) is -3.89. The molecule has 1 aromatic carbocycles. The molecule has 5 atom stereocenters. The Hall–Kier alpha value is -1.51. The number of benzene rings is 1. The van der Waals surface area contributed by atoms with Gasteiger partial charge >= 0.3 is 5.97 Å². The number of hydrogen-bond donors (Lipinski definition) is 3. The summed E-state index contributed by atoms with van der Waals surface area (Å²) in [5.41, 5.74) is 0.407. The van der Waals surface area contributed by atoms with Crippen molar-refractivity contribution in [3.05, 3.63) is 35.9 Å². The maximum absolute atomic E-state index is 11.9. The van der Waals surface area contributed by atoms with Crippen molar-refractivity contribution in [3.8, 4) is 0 Å². The summed E-state index contributed by atoms with van der Waals surface area (Å²) < 4.78 is 15.8. The number of nitrogens with one attached hydrogen (secondary N) is 1. The van der Waals surface area contributed by atoms with E-state index in [1.807, 2.05) is 0 Å². The monoisotopic (exact) mass is 311 g/mol. The van der Waals surface area contributed by atoms with Gasteiger partial charge in [0.05, 0.1) is 11.6 Å². The number of esters is 1. The van der Waals surface area contributed by atoms with Gasteiger partial charge in [0.25, 0.3) is 0 Å². The lowest BCUT2D eigenvalue weighted by Gasteiger charge is -2.41. The summed E-state index contributed by atoms with van der Waals surface area (Å²) >= 11 is 0. The van der Waals surface area contributed by atoms with Crippen LogP contribution in [0.2, 0.25) is 0 Å². The lowest BCUT2D eigenvalue weighted by molar-refractivity contribution is -0.262. The van der Waals surface area contributed by atoms with Gasteiger partial charge in [-0.2, -0.15) is 0 Å². The third-order valence-corrected chi connectivity index (χ3v) is 3.65. The van der Waals surface area contributed by atoms with Gasteiger partial charge in [-0.1, -0.05) is 18.2 Å². The number of aliphatic hydroxyl groups excluding tert-OH is 2. The van der Waals surface area contributed by atoms with Crippen LogP contribution in [0.15, 0.2) is 30.3 Å². The van der Waals surface area contributed by atoms with Crippen LogP contribution in [0.4, 0.5) is 0 Å². The van der Waals surface area contributed by atoms with E-state index < -0.39 is 36.6 Å². The molecule has 3 N–H and O–H groups in total. The average Bonchev–Trinajstić information content (AvgIpc) is 2.56. The van der Waals surface area contributed by atoms with Crippen molar-refractivity contribution in [1.82, 2.24) is 5.32 Å². The lowest BCUT2D eigenvalue weighted by atomic mass is 9.97. The first-order valence-electron chi connectivity index (χ1n) is 7.02. The van der Waals surface area contributed by atoms with Crippen LogP contribution in [0.5, 0.6) is 0 Å². The summed E-state index contributed by atoms with van der Waals surface area (Å²) in [4.78, 5) is 11.9. The van der Waals surface area contributed by atoms with E-state index in [4.69, 9.17) is 14.2 Å². The number of hydrogen-bond acceptors (Lipinski definition) is 7. The number of carbonyl (C=O) groups is 1. The fourth-order valence-corrected chi connectivity index (χ4v) is 2.39. The molecule has 0 bridgehead atoms. The zero-order valence-electron chi connectivity index (χ0n) is 12.5. The van der Waals surface area contributed by atoms with Gasteiger partial charge < -0.3 is 29.7 Å². The predicted octanol–water partition coefficient (Wildman–Crippen LogP) is -0.476. The fourth-order valence-electron chi connectivity index (χ4n) is 2.39. The normalized spacial score (nSPS) is 31.7.